The molecule has 0 aliphatic carbocycles. The van der Waals surface area contributed by atoms with Crippen molar-refractivity contribution in [2.24, 2.45) is 0 Å². The zero-order valence-corrected chi connectivity index (χ0v) is 19.9. The number of hydrogen-bond donors (Lipinski definition) is 1. The number of amides is 1. The van der Waals surface area contributed by atoms with E-state index in [0.717, 1.165) is 46.1 Å². The van der Waals surface area contributed by atoms with E-state index in [-0.39, 0.29) is 11.4 Å². The van der Waals surface area contributed by atoms with Gasteiger partial charge in [-0.25, -0.2) is 9.37 Å². The molecule has 0 saturated heterocycles. The first-order valence-electron chi connectivity index (χ1n) is 11.5. The molecule has 0 saturated carbocycles. The molecule has 0 aliphatic rings. The maximum atomic E-state index is 13.8. The van der Waals surface area contributed by atoms with E-state index in [9.17, 15) is 22.4 Å². The first-order chi connectivity index (χ1) is 17.6. The fourth-order valence-electron chi connectivity index (χ4n) is 4.34. The van der Waals surface area contributed by atoms with Crippen molar-refractivity contribution in [3.8, 4) is 22.5 Å². The van der Waals surface area contributed by atoms with Gasteiger partial charge in [0.05, 0.1) is 22.5 Å². The molecule has 8 heteroatoms. The molecule has 0 fully saturated rings. The van der Waals surface area contributed by atoms with Crippen molar-refractivity contribution in [2.45, 2.75) is 20.0 Å². The van der Waals surface area contributed by atoms with Crippen LogP contribution in [0.15, 0.2) is 85.1 Å². The summed E-state index contributed by atoms with van der Waals surface area (Å²) in [6.07, 6.45) is -2.92. The van der Waals surface area contributed by atoms with E-state index < -0.39 is 29.2 Å². The fraction of sp³-hybridized carbons (Fsp3) is 0.103. The molecule has 0 atom stereocenters. The topological polar surface area (TPSA) is 46.4 Å². The second kappa shape index (κ2) is 9.20. The van der Waals surface area contributed by atoms with E-state index in [1.807, 2.05) is 54.8 Å². The molecule has 3 aromatic heterocycles. The third-order valence-electron chi connectivity index (χ3n) is 6.37. The van der Waals surface area contributed by atoms with Crippen molar-refractivity contribution in [1.82, 2.24) is 9.38 Å². The molecule has 0 spiro atoms. The summed E-state index contributed by atoms with van der Waals surface area (Å²) in [6.45, 7) is 4.07. The second-order valence-corrected chi connectivity index (χ2v) is 8.69. The predicted molar refractivity (Wildman–Crippen MR) is 135 cm³/mol. The van der Waals surface area contributed by atoms with Crippen LogP contribution in [-0.4, -0.2) is 15.3 Å². The SMILES string of the molecule is Cc1cccc(-c2ccc3c(-c4ccc(C(F)(F)F)c(C(=O)Nc5ccc(F)cc5)n4)cccn23)c1C. The number of carbonyl (C=O) groups is 1. The Morgan fingerprint density at radius 3 is 2.32 bits per heavy atom. The first-order valence-corrected chi connectivity index (χ1v) is 11.5. The van der Waals surface area contributed by atoms with E-state index in [1.165, 1.54) is 18.2 Å². The minimum absolute atomic E-state index is 0.151. The van der Waals surface area contributed by atoms with Crippen LogP contribution in [-0.2, 0) is 6.18 Å². The molecular formula is C29H21F4N3O. The zero-order valence-electron chi connectivity index (χ0n) is 19.9. The minimum Gasteiger partial charge on any atom is -0.321 e. The van der Waals surface area contributed by atoms with Crippen LogP contribution in [0.3, 0.4) is 0 Å². The summed E-state index contributed by atoms with van der Waals surface area (Å²) in [5.74, 6) is -1.58. The van der Waals surface area contributed by atoms with Gasteiger partial charge in [-0.15, -0.1) is 0 Å². The molecule has 3 heterocycles. The maximum absolute atomic E-state index is 13.8. The third-order valence-corrected chi connectivity index (χ3v) is 6.37. The van der Waals surface area contributed by atoms with Gasteiger partial charge >= 0.3 is 6.18 Å². The molecule has 0 unspecified atom stereocenters. The maximum Gasteiger partial charge on any atom is 0.418 e. The summed E-state index contributed by atoms with van der Waals surface area (Å²) < 4.78 is 56.5. The van der Waals surface area contributed by atoms with E-state index in [1.54, 1.807) is 12.1 Å². The molecule has 186 valence electrons. The quantitative estimate of drug-likeness (QED) is 0.256. The number of nitrogens with one attached hydrogen (secondary N) is 1. The lowest BCUT2D eigenvalue weighted by atomic mass is 10.0. The van der Waals surface area contributed by atoms with Crippen molar-refractivity contribution < 1.29 is 22.4 Å². The highest BCUT2D eigenvalue weighted by atomic mass is 19.4. The van der Waals surface area contributed by atoms with Crippen LogP contribution < -0.4 is 5.32 Å². The van der Waals surface area contributed by atoms with Crippen molar-refractivity contribution >= 4 is 17.1 Å². The number of carbonyl (C=O) groups excluding carboxylic acids is 1. The Balaban J connectivity index is 1.61. The highest BCUT2D eigenvalue weighted by Crippen LogP contribution is 2.35. The van der Waals surface area contributed by atoms with E-state index in [0.29, 0.717) is 5.56 Å². The van der Waals surface area contributed by atoms with Crippen molar-refractivity contribution in [2.75, 3.05) is 5.32 Å². The number of hydrogen-bond acceptors (Lipinski definition) is 2. The molecule has 5 aromatic rings. The van der Waals surface area contributed by atoms with Gasteiger partial charge in [0.15, 0.2) is 0 Å². The molecule has 0 bridgehead atoms. The standard InChI is InChI=1S/C29H21F4N3O/c1-17-5-3-6-21(18(17)2)25-14-15-26-22(7-4-16-36(25)26)24-13-12-23(29(31,32)33)27(35-24)28(37)34-20-10-8-19(30)9-11-20/h3-16H,1-2H3,(H,34,37). The Bertz CT molecular complexity index is 1640. The van der Waals surface area contributed by atoms with Gasteiger partial charge in [-0.3, -0.25) is 4.79 Å². The number of aryl methyl sites for hydroxylation is 1. The van der Waals surface area contributed by atoms with Crippen LogP contribution in [0.5, 0.6) is 0 Å². The molecule has 0 aliphatic heterocycles. The molecule has 1 amide bonds. The zero-order chi connectivity index (χ0) is 26.3. The van der Waals surface area contributed by atoms with Crippen molar-refractivity contribution in [1.29, 1.82) is 0 Å². The number of pyridine rings is 2. The van der Waals surface area contributed by atoms with Gasteiger partial charge < -0.3 is 9.72 Å². The molecule has 37 heavy (non-hydrogen) atoms. The summed E-state index contributed by atoms with van der Waals surface area (Å²) >= 11 is 0. The number of benzene rings is 2. The lowest BCUT2D eigenvalue weighted by molar-refractivity contribution is -0.138. The summed E-state index contributed by atoms with van der Waals surface area (Å²) in [7, 11) is 0. The van der Waals surface area contributed by atoms with Gasteiger partial charge in [-0.2, -0.15) is 13.2 Å². The number of alkyl halides is 3. The van der Waals surface area contributed by atoms with Gasteiger partial charge in [-0.05, 0) is 85.6 Å². The number of aromatic nitrogens is 2. The van der Waals surface area contributed by atoms with Crippen LogP contribution in [0.25, 0.3) is 28.0 Å². The smallest absolute Gasteiger partial charge is 0.321 e. The van der Waals surface area contributed by atoms with E-state index >= 15 is 0 Å². The highest BCUT2D eigenvalue weighted by Gasteiger charge is 2.36. The van der Waals surface area contributed by atoms with Crippen molar-refractivity contribution in [3.63, 3.8) is 0 Å². The Hall–Kier alpha value is -4.46. The summed E-state index contributed by atoms with van der Waals surface area (Å²) in [5.41, 5.74) is 3.99. The normalized spacial score (nSPS) is 11.6. The van der Waals surface area contributed by atoms with Gasteiger partial charge in [-0.1, -0.05) is 18.2 Å². The lowest BCUT2D eigenvalue weighted by Crippen LogP contribution is -2.21. The lowest BCUT2D eigenvalue weighted by Gasteiger charge is -2.15. The average molecular weight is 503 g/mol. The first kappa shape index (κ1) is 24.2. The molecule has 5 rings (SSSR count). The number of anilines is 1. The number of nitrogens with zero attached hydrogens (tertiary/aromatic N) is 2. The van der Waals surface area contributed by atoms with Gasteiger partial charge in [0.1, 0.15) is 11.5 Å². The van der Waals surface area contributed by atoms with Gasteiger partial charge in [0.2, 0.25) is 0 Å². The molecule has 0 radical (unpaired) electrons. The van der Waals surface area contributed by atoms with E-state index in [4.69, 9.17) is 0 Å². The van der Waals surface area contributed by atoms with Crippen molar-refractivity contribution in [3.05, 3.63) is 113 Å². The molecule has 4 nitrogen and oxygen atoms in total. The Morgan fingerprint density at radius 1 is 0.865 bits per heavy atom. The highest BCUT2D eigenvalue weighted by molar-refractivity contribution is 6.04. The Morgan fingerprint density at radius 2 is 1.59 bits per heavy atom. The molecule has 2 aromatic carbocycles. The average Bonchev–Trinajstić information content (AvgIpc) is 3.30. The Kier molecular flexibility index (Phi) is 6.03. The second-order valence-electron chi connectivity index (χ2n) is 8.69. The van der Waals surface area contributed by atoms with Gasteiger partial charge in [0.25, 0.3) is 5.91 Å². The molecule has 1 N–H and O–H groups in total. The number of halogens is 4. The van der Waals surface area contributed by atoms with Gasteiger partial charge in [0, 0.05) is 23.0 Å². The van der Waals surface area contributed by atoms with E-state index in [2.05, 4.69) is 10.3 Å². The third kappa shape index (κ3) is 4.58. The van der Waals surface area contributed by atoms with Crippen LogP contribution in [0, 0.1) is 19.7 Å². The predicted octanol–water partition coefficient (Wildman–Crippen LogP) is 7.70. The largest absolute Gasteiger partial charge is 0.418 e. The summed E-state index contributed by atoms with van der Waals surface area (Å²) in [4.78, 5) is 17.1. The van der Waals surface area contributed by atoms with Crippen LogP contribution in [0.4, 0.5) is 23.2 Å². The fourth-order valence-corrected chi connectivity index (χ4v) is 4.34. The monoisotopic (exact) mass is 503 g/mol. The summed E-state index contributed by atoms with van der Waals surface area (Å²) in [5, 5.41) is 2.38. The van der Waals surface area contributed by atoms with Crippen LogP contribution in [0.2, 0.25) is 0 Å². The van der Waals surface area contributed by atoms with Crippen LogP contribution >= 0.6 is 0 Å². The molecular weight excluding hydrogens is 482 g/mol. The van der Waals surface area contributed by atoms with Crippen LogP contribution in [0.1, 0.15) is 27.2 Å². The number of fused-ring (bicyclic) bond motifs is 1. The summed E-state index contributed by atoms with van der Waals surface area (Å²) in [6, 6.07) is 20.2. The Labute approximate surface area is 210 Å². The minimum atomic E-state index is -4.79. The number of rotatable bonds is 4.